The molecule has 0 saturated heterocycles. The highest BCUT2D eigenvalue weighted by atomic mass is 35.5. The molecule has 0 bridgehead atoms. The van der Waals surface area contributed by atoms with E-state index in [1.54, 1.807) is 18.2 Å². The van der Waals surface area contributed by atoms with Crippen molar-refractivity contribution in [2.45, 2.75) is 6.54 Å². The van der Waals surface area contributed by atoms with Gasteiger partial charge in [-0.3, -0.25) is 0 Å². The standard InChI is InChI=1S/C14H9ClN4/c15-13-5-14(19-9-12(13)7-17)18-8-11-3-1-10(6-16)2-4-11/h1-5,9H,8H2,(H,18,19). The van der Waals surface area contributed by atoms with Gasteiger partial charge in [-0.25, -0.2) is 4.98 Å². The van der Waals surface area contributed by atoms with E-state index in [2.05, 4.69) is 16.4 Å². The van der Waals surface area contributed by atoms with Crippen molar-refractivity contribution >= 4 is 17.4 Å². The van der Waals surface area contributed by atoms with Crippen molar-refractivity contribution in [3.63, 3.8) is 0 Å². The summed E-state index contributed by atoms with van der Waals surface area (Å²) in [4.78, 5) is 4.09. The molecule has 1 N–H and O–H groups in total. The van der Waals surface area contributed by atoms with E-state index in [9.17, 15) is 0 Å². The van der Waals surface area contributed by atoms with Crippen LogP contribution < -0.4 is 5.32 Å². The fourth-order valence-corrected chi connectivity index (χ4v) is 1.69. The Morgan fingerprint density at radius 2 is 1.89 bits per heavy atom. The molecule has 0 saturated carbocycles. The minimum absolute atomic E-state index is 0.352. The summed E-state index contributed by atoms with van der Waals surface area (Å²) >= 11 is 5.91. The quantitative estimate of drug-likeness (QED) is 0.928. The third-order valence-corrected chi connectivity index (χ3v) is 2.84. The van der Waals surface area contributed by atoms with E-state index in [0.29, 0.717) is 28.5 Å². The summed E-state index contributed by atoms with van der Waals surface area (Å²) in [5, 5.41) is 20.9. The van der Waals surface area contributed by atoms with Crippen molar-refractivity contribution in [2.24, 2.45) is 0 Å². The van der Waals surface area contributed by atoms with Crippen molar-refractivity contribution in [3.8, 4) is 12.1 Å². The highest BCUT2D eigenvalue weighted by molar-refractivity contribution is 6.31. The fourth-order valence-electron chi connectivity index (χ4n) is 1.50. The van der Waals surface area contributed by atoms with E-state index in [1.807, 2.05) is 18.2 Å². The van der Waals surface area contributed by atoms with Crippen LogP contribution in [0.1, 0.15) is 16.7 Å². The summed E-state index contributed by atoms with van der Waals surface area (Å²) < 4.78 is 0. The molecular weight excluding hydrogens is 260 g/mol. The van der Waals surface area contributed by atoms with Crippen molar-refractivity contribution in [1.29, 1.82) is 10.5 Å². The van der Waals surface area contributed by atoms with Gasteiger partial charge in [0.15, 0.2) is 0 Å². The number of nitriles is 2. The van der Waals surface area contributed by atoms with Gasteiger partial charge >= 0.3 is 0 Å². The summed E-state index contributed by atoms with van der Waals surface area (Å²) in [5.74, 6) is 0.605. The van der Waals surface area contributed by atoms with Gasteiger partial charge in [0.25, 0.3) is 0 Å². The summed E-state index contributed by atoms with van der Waals surface area (Å²) in [6, 6.07) is 12.9. The molecule has 0 fully saturated rings. The van der Waals surface area contributed by atoms with Crippen LogP contribution in [-0.2, 0) is 6.54 Å². The Balaban J connectivity index is 2.04. The monoisotopic (exact) mass is 268 g/mol. The first-order valence-electron chi connectivity index (χ1n) is 5.51. The molecule has 1 aromatic carbocycles. The number of hydrogen-bond donors (Lipinski definition) is 1. The van der Waals surface area contributed by atoms with E-state index in [0.717, 1.165) is 5.56 Å². The second-order valence-corrected chi connectivity index (χ2v) is 4.23. The van der Waals surface area contributed by atoms with E-state index >= 15 is 0 Å². The van der Waals surface area contributed by atoms with Gasteiger partial charge in [0.1, 0.15) is 11.9 Å². The average molecular weight is 269 g/mol. The maximum Gasteiger partial charge on any atom is 0.127 e. The minimum Gasteiger partial charge on any atom is -0.366 e. The van der Waals surface area contributed by atoms with E-state index in [4.69, 9.17) is 22.1 Å². The molecule has 2 rings (SSSR count). The van der Waals surface area contributed by atoms with Crippen LogP contribution >= 0.6 is 11.6 Å². The first kappa shape index (κ1) is 12.9. The van der Waals surface area contributed by atoms with Crippen LogP contribution in [0, 0.1) is 22.7 Å². The molecule has 0 aliphatic heterocycles. The topological polar surface area (TPSA) is 72.5 Å². The maximum absolute atomic E-state index is 8.75. The minimum atomic E-state index is 0.352. The molecule has 0 amide bonds. The molecule has 0 atom stereocenters. The van der Waals surface area contributed by atoms with Gasteiger partial charge in [0, 0.05) is 18.8 Å². The van der Waals surface area contributed by atoms with Crippen molar-refractivity contribution in [1.82, 2.24) is 4.98 Å². The molecule has 0 radical (unpaired) electrons. The second-order valence-electron chi connectivity index (χ2n) is 3.82. The van der Waals surface area contributed by atoms with Gasteiger partial charge in [-0.1, -0.05) is 23.7 Å². The number of halogens is 1. The largest absolute Gasteiger partial charge is 0.366 e. The van der Waals surface area contributed by atoms with E-state index in [-0.39, 0.29) is 0 Å². The Labute approximate surface area is 115 Å². The van der Waals surface area contributed by atoms with Crippen molar-refractivity contribution < 1.29 is 0 Å². The highest BCUT2D eigenvalue weighted by Crippen LogP contribution is 2.18. The van der Waals surface area contributed by atoms with Crippen LogP contribution in [-0.4, -0.2) is 4.98 Å². The summed E-state index contributed by atoms with van der Waals surface area (Å²) in [7, 11) is 0. The lowest BCUT2D eigenvalue weighted by Crippen LogP contribution is -2.01. The molecule has 19 heavy (non-hydrogen) atoms. The summed E-state index contributed by atoms with van der Waals surface area (Å²) in [6.45, 7) is 0.570. The summed E-state index contributed by atoms with van der Waals surface area (Å²) in [6.07, 6.45) is 1.43. The Bertz CT molecular complexity index is 665. The number of hydrogen-bond acceptors (Lipinski definition) is 4. The molecule has 4 nitrogen and oxygen atoms in total. The molecule has 2 aromatic rings. The Morgan fingerprint density at radius 3 is 2.47 bits per heavy atom. The van der Waals surface area contributed by atoms with Gasteiger partial charge in [-0.05, 0) is 17.7 Å². The lowest BCUT2D eigenvalue weighted by atomic mass is 10.1. The molecule has 0 aliphatic rings. The zero-order chi connectivity index (χ0) is 13.7. The van der Waals surface area contributed by atoms with Crippen LogP contribution in [0.5, 0.6) is 0 Å². The number of anilines is 1. The third-order valence-electron chi connectivity index (χ3n) is 2.53. The first-order chi connectivity index (χ1) is 9.22. The Kier molecular flexibility index (Phi) is 3.97. The predicted molar refractivity (Wildman–Crippen MR) is 72.4 cm³/mol. The molecule has 92 valence electrons. The van der Waals surface area contributed by atoms with Crippen LogP contribution in [0.2, 0.25) is 5.02 Å². The Morgan fingerprint density at radius 1 is 1.16 bits per heavy atom. The molecule has 0 unspecified atom stereocenters. The molecule has 5 heteroatoms. The summed E-state index contributed by atoms with van der Waals surface area (Å²) in [5.41, 5.74) is 2.01. The lowest BCUT2D eigenvalue weighted by molar-refractivity contribution is 1.11. The van der Waals surface area contributed by atoms with Crippen LogP contribution in [0.25, 0.3) is 0 Å². The zero-order valence-corrected chi connectivity index (χ0v) is 10.6. The number of nitrogens with zero attached hydrogens (tertiary/aromatic N) is 3. The number of pyridine rings is 1. The SMILES string of the molecule is N#Cc1ccc(CNc2cc(Cl)c(C#N)cn2)cc1. The first-order valence-corrected chi connectivity index (χ1v) is 5.89. The third kappa shape index (κ3) is 3.22. The molecular formula is C14H9ClN4. The van der Waals surface area contributed by atoms with Gasteiger partial charge < -0.3 is 5.32 Å². The number of nitrogens with one attached hydrogen (secondary N) is 1. The molecule has 1 aromatic heterocycles. The number of aromatic nitrogens is 1. The van der Waals surface area contributed by atoms with Gasteiger partial charge in [0.05, 0.1) is 22.2 Å². The molecule has 0 spiro atoms. The zero-order valence-electron chi connectivity index (χ0n) is 9.89. The second kappa shape index (κ2) is 5.86. The van der Waals surface area contributed by atoms with Gasteiger partial charge in [-0.2, -0.15) is 10.5 Å². The lowest BCUT2D eigenvalue weighted by Gasteiger charge is -2.06. The van der Waals surface area contributed by atoms with Crippen molar-refractivity contribution in [3.05, 3.63) is 58.2 Å². The smallest absolute Gasteiger partial charge is 0.127 e. The average Bonchev–Trinajstić information content (AvgIpc) is 2.46. The molecule has 1 heterocycles. The van der Waals surface area contributed by atoms with Crippen molar-refractivity contribution in [2.75, 3.05) is 5.32 Å². The Hall–Kier alpha value is -2.56. The van der Waals surface area contributed by atoms with E-state index in [1.165, 1.54) is 6.20 Å². The van der Waals surface area contributed by atoms with Crippen LogP contribution in [0.4, 0.5) is 5.82 Å². The maximum atomic E-state index is 8.75. The molecule has 0 aliphatic carbocycles. The highest BCUT2D eigenvalue weighted by Gasteiger charge is 2.02. The predicted octanol–water partition coefficient (Wildman–Crippen LogP) is 3.09. The normalized spacial score (nSPS) is 9.42. The van der Waals surface area contributed by atoms with E-state index < -0.39 is 0 Å². The number of rotatable bonds is 3. The van der Waals surface area contributed by atoms with Crippen LogP contribution in [0.3, 0.4) is 0 Å². The fraction of sp³-hybridized carbons (Fsp3) is 0.0714. The van der Waals surface area contributed by atoms with Crippen LogP contribution in [0.15, 0.2) is 36.5 Å². The number of benzene rings is 1. The van der Waals surface area contributed by atoms with Gasteiger partial charge in [0.2, 0.25) is 0 Å². The van der Waals surface area contributed by atoms with Gasteiger partial charge in [-0.15, -0.1) is 0 Å².